The molecule has 8 rings (SSSR count). The Morgan fingerprint density at radius 2 is 0.789 bits per heavy atom. The molecule has 5 aromatic carbocycles. The lowest BCUT2D eigenvalue weighted by Gasteiger charge is -2.26. The number of ether oxygens (including phenoxy) is 10. The summed E-state index contributed by atoms with van der Waals surface area (Å²) in [7, 11) is 0. The highest BCUT2D eigenvalue weighted by molar-refractivity contribution is 6.09. The standard InChI is InChI=1S/C73H85NO16/c1-4-7-8-13-43-82-57-30-34-59(35-31-57)87-69-65-49-61(89-72(79)55-26-24-53(25-27-55)71(78)88-60-36-32-58(33-37-60)83-45-15-10-12-17-47-85-68(76)6-3)38-40-63(65)64-41-39-62(50-66(64)74-69)90-73(80)54-22-20-52(21-23-54)70(77)86-48-42-51-18-28-56(29-19-51)81-44-14-9-11-16-46-84-67(75)5-2/h5-6,18-19,28-41,49-50,52-55H,2-4,7-17,20-27,42-48H2,1H3. The molecule has 2 aliphatic rings. The second-order valence-corrected chi connectivity index (χ2v) is 22.9. The number of carbonyl (C=O) groups excluding carboxylic acids is 6. The van der Waals surface area contributed by atoms with Crippen molar-refractivity contribution in [3.63, 3.8) is 0 Å². The normalized spacial score (nSPS) is 16.2. The smallest absolute Gasteiger partial charge is 0.330 e. The van der Waals surface area contributed by atoms with Gasteiger partial charge in [0, 0.05) is 35.4 Å². The number of hydrogen-bond donors (Lipinski definition) is 0. The summed E-state index contributed by atoms with van der Waals surface area (Å²) < 4.78 is 57.7. The van der Waals surface area contributed by atoms with Crippen molar-refractivity contribution < 1.29 is 76.1 Å². The van der Waals surface area contributed by atoms with Crippen molar-refractivity contribution in [3.05, 3.63) is 140 Å². The van der Waals surface area contributed by atoms with Gasteiger partial charge in [-0.15, -0.1) is 0 Å². The van der Waals surface area contributed by atoms with E-state index in [2.05, 4.69) is 20.1 Å². The molecule has 0 amide bonds. The number of fused-ring (bicyclic) bond motifs is 3. The summed E-state index contributed by atoms with van der Waals surface area (Å²) in [5.41, 5.74) is 1.54. The molecule has 0 spiro atoms. The summed E-state index contributed by atoms with van der Waals surface area (Å²) in [6.45, 7) is 11.7. The fourth-order valence-electron chi connectivity index (χ4n) is 11.0. The number of benzene rings is 5. The van der Waals surface area contributed by atoms with Gasteiger partial charge in [0.2, 0.25) is 5.88 Å². The predicted octanol–water partition coefficient (Wildman–Crippen LogP) is 15.3. The number of esters is 6. The van der Waals surface area contributed by atoms with Crippen molar-refractivity contribution in [2.24, 2.45) is 23.7 Å². The molecule has 0 radical (unpaired) electrons. The molecular weight excluding hydrogens is 1150 g/mol. The summed E-state index contributed by atoms with van der Waals surface area (Å²) in [5, 5.41) is 2.12. The zero-order valence-corrected chi connectivity index (χ0v) is 51.8. The van der Waals surface area contributed by atoms with Gasteiger partial charge in [-0.2, -0.15) is 0 Å². The van der Waals surface area contributed by atoms with Crippen LogP contribution in [0.3, 0.4) is 0 Å². The number of nitrogens with zero attached hydrogens (tertiary/aromatic N) is 1. The van der Waals surface area contributed by atoms with E-state index >= 15 is 0 Å². The summed E-state index contributed by atoms with van der Waals surface area (Å²) in [5.74, 6) is 0.325. The molecular formula is C73H85NO16. The molecule has 1 aromatic heterocycles. The van der Waals surface area contributed by atoms with Crippen molar-refractivity contribution in [2.75, 3.05) is 39.6 Å². The van der Waals surface area contributed by atoms with E-state index in [1.54, 1.807) is 48.5 Å². The highest BCUT2D eigenvalue weighted by Crippen LogP contribution is 2.39. The molecule has 0 aliphatic heterocycles. The van der Waals surface area contributed by atoms with Gasteiger partial charge in [0.05, 0.1) is 68.8 Å². The molecule has 17 heteroatoms. The van der Waals surface area contributed by atoms with Crippen LogP contribution in [0.15, 0.2) is 135 Å². The van der Waals surface area contributed by atoms with Crippen LogP contribution in [-0.2, 0) is 49.4 Å². The average molecular weight is 1230 g/mol. The number of rotatable bonds is 36. The fraction of sp³-hybridized carbons (Fsp3) is 0.438. The summed E-state index contributed by atoms with van der Waals surface area (Å²) in [4.78, 5) is 81.1. The molecule has 2 aliphatic carbocycles. The van der Waals surface area contributed by atoms with Crippen molar-refractivity contribution in [3.8, 4) is 46.1 Å². The Morgan fingerprint density at radius 3 is 1.27 bits per heavy atom. The molecule has 0 bridgehead atoms. The maximum Gasteiger partial charge on any atom is 0.330 e. The van der Waals surface area contributed by atoms with Gasteiger partial charge in [0.1, 0.15) is 40.2 Å². The van der Waals surface area contributed by atoms with Crippen molar-refractivity contribution in [1.29, 1.82) is 0 Å². The molecule has 0 N–H and O–H groups in total. The first-order valence-electron chi connectivity index (χ1n) is 32.1. The predicted molar refractivity (Wildman–Crippen MR) is 341 cm³/mol. The van der Waals surface area contributed by atoms with Crippen LogP contribution < -0.4 is 33.2 Å². The lowest BCUT2D eigenvalue weighted by molar-refractivity contribution is -0.152. The lowest BCUT2D eigenvalue weighted by Crippen LogP contribution is -2.30. The van der Waals surface area contributed by atoms with Gasteiger partial charge in [-0.25, -0.2) is 14.6 Å². The van der Waals surface area contributed by atoms with Crippen LogP contribution in [0, 0.1) is 23.7 Å². The van der Waals surface area contributed by atoms with Gasteiger partial charge in [-0.05, 0) is 211 Å². The van der Waals surface area contributed by atoms with E-state index in [0.29, 0.717) is 130 Å². The van der Waals surface area contributed by atoms with E-state index in [4.69, 9.17) is 52.4 Å². The third-order valence-electron chi connectivity index (χ3n) is 16.3. The maximum absolute atomic E-state index is 13.8. The third-order valence-corrected chi connectivity index (χ3v) is 16.3. The summed E-state index contributed by atoms with van der Waals surface area (Å²) in [6.07, 6.45) is 18.2. The molecule has 90 heavy (non-hydrogen) atoms. The zero-order chi connectivity index (χ0) is 63.3. The SMILES string of the molecule is C=CC(=O)OCCCCCCOc1ccc(CCOC(=O)C2CCC(C(=O)Oc3ccc4c(c3)nc(Oc3ccc(OCCCCCC)cc3)c3cc(OC(=O)C5CCC(C(=O)Oc6ccc(OCCCCCCOC(=O)C=C)cc6)CC5)ccc34)CC2)cc1. The third kappa shape index (κ3) is 21.5. The van der Waals surface area contributed by atoms with E-state index < -0.39 is 29.7 Å². The highest BCUT2D eigenvalue weighted by Gasteiger charge is 2.34. The minimum absolute atomic E-state index is 0.248. The fourth-order valence-corrected chi connectivity index (χ4v) is 11.0. The van der Waals surface area contributed by atoms with E-state index in [-0.39, 0.29) is 42.2 Å². The van der Waals surface area contributed by atoms with E-state index in [1.807, 2.05) is 60.7 Å². The Hall–Kier alpha value is -8.73. The largest absolute Gasteiger partial charge is 0.494 e. The molecule has 2 saturated carbocycles. The number of carbonyl (C=O) groups is 6. The molecule has 478 valence electrons. The van der Waals surface area contributed by atoms with Gasteiger partial charge >= 0.3 is 35.8 Å². The van der Waals surface area contributed by atoms with Crippen molar-refractivity contribution in [2.45, 2.75) is 142 Å². The van der Waals surface area contributed by atoms with E-state index in [1.165, 1.54) is 6.08 Å². The van der Waals surface area contributed by atoms with E-state index in [9.17, 15) is 28.8 Å². The summed E-state index contributed by atoms with van der Waals surface area (Å²) in [6, 6.07) is 32.7. The number of pyridine rings is 1. The zero-order valence-electron chi connectivity index (χ0n) is 51.8. The van der Waals surface area contributed by atoms with Gasteiger partial charge < -0.3 is 47.4 Å². The van der Waals surface area contributed by atoms with Crippen LogP contribution in [0.1, 0.15) is 141 Å². The van der Waals surface area contributed by atoms with E-state index in [0.717, 1.165) is 111 Å². The number of unbranched alkanes of at least 4 members (excludes halogenated alkanes) is 9. The van der Waals surface area contributed by atoms with Gasteiger partial charge in [-0.3, -0.25) is 19.2 Å². The Morgan fingerprint density at radius 1 is 0.400 bits per heavy atom. The topological polar surface area (TPSA) is 208 Å². The number of hydrogen-bond acceptors (Lipinski definition) is 17. The van der Waals surface area contributed by atoms with Crippen molar-refractivity contribution >= 4 is 57.5 Å². The maximum atomic E-state index is 13.8. The Bertz CT molecular complexity index is 3310. The quantitative estimate of drug-likeness (QED) is 0.00895. The second-order valence-electron chi connectivity index (χ2n) is 22.9. The molecule has 0 atom stereocenters. The number of aromatic nitrogens is 1. The second kappa shape index (κ2) is 36.1. The first kappa shape index (κ1) is 67.2. The first-order valence-corrected chi connectivity index (χ1v) is 32.1. The van der Waals surface area contributed by atoms with Crippen LogP contribution in [0.2, 0.25) is 0 Å². The minimum Gasteiger partial charge on any atom is -0.494 e. The molecule has 17 nitrogen and oxygen atoms in total. The van der Waals surface area contributed by atoms with Crippen LogP contribution in [0.5, 0.6) is 46.1 Å². The summed E-state index contributed by atoms with van der Waals surface area (Å²) >= 11 is 0. The molecule has 6 aromatic rings. The van der Waals surface area contributed by atoms with Crippen LogP contribution in [0.4, 0.5) is 0 Å². The van der Waals surface area contributed by atoms with Gasteiger partial charge in [-0.1, -0.05) is 51.5 Å². The van der Waals surface area contributed by atoms with Crippen LogP contribution in [-0.4, -0.2) is 80.4 Å². The first-order chi connectivity index (χ1) is 43.9. The average Bonchev–Trinajstić information content (AvgIpc) is 0.888. The molecule has 0 saturated heterocycles. The molecule has 0 unspecified atom stereocenters. The molecule has 2 fully saturated rings. The molecule has 1 heterocycles. The van der Waals surface area contributed by atoms with Crippen LogP contribution in [0.25, 0.3) is 21.7 Å². The Kier molecular flexibility index (Phi) is 26.9. The van der Waals surface area contributed by atoms with Crippen LogP contribution >= 0.6 is 0 Å². The van der Waals surface area contributed by atoms with Gasteiger partial charge in [0.15, 0.2) is 0 Å². The Balaban J connectivity index is 0.813. The monoisotopic (exact) mass is 1230 g/mol. The Labute approximate surface area is 527 Å². The lowest BCUT2D eigenvalue weighted by atomic mass is 9.82. The minimum atomic E-state index is -0.418. The highest BCUT2D eigenvalue weighted by atomic mass is 16.6. The van der Waals surface area contributed by atoms with Crippen molar-refractivity contribution in [1.82, 2.24) is 4.98 Å². The van der Waals surface area contributed by atoms with Gasteiger partial charge in [0.25, 0.3) is 0 Å².